The Hall–Kier alpha value is -1.25. The standard InChI is InChI=1S/C5H5N3/c6-5-3-1-2-4-7-8-5/h1-4,6H. The van der Waals surface area contributed by atoms with Gasteiger partial charge in [-0.25, -0.2) is 0 Å². The van der Waals surface area contributed by atoms with Crippen LogP contribution in [0.5, 0.6) is 0 Å². The summed E-state index contributed by atoms with van der Waals surface area (Å²) < 4.78 is 0. The molecule has 0 aliphatic rings. The molecule has 1 aromatic heterocycles. The van der Waals surface area contributed by atoms with Gasteiger partial charge in [0.15, 0.2) is 5.49 Å². The first-order valence-corrected chi connectivity index (χ1v) is 2.22. The molecule has 1 aromatic rings. The van der Waals surface area contributed by atoms with Crippen LogP contribution < -0.4 is 5.49 Å². The van der Waals surface area contributed by atoms with Gasteiger partial charge in [-0.2, -0.15) is 5.10 Å². The van der Waals surface area contributed by atoms with Crippen LogP contribution in [0, 0.1) is 5.41 Å². The Morgan fingerprint density at radius 1 is 1.38 bits per heavy atom. The van der Waals surface area contributed by atoms with E-state index in [9.17, 15) is 0 Å². The molecule has 1 N–H and O–H groups in total. The van der Waals surface area contributed by atoms with Gasteiger partial charge in [-0.15, -0.1) is 5.10 Å². The van der Waals surface area contributed by atoms with Gasteiger partial charge in [-0.3, -0.25) is 5.41 Å². The average molecular weight is 107 g/mol. The molecule has 0 spiro atoms. The van der Waals surface area contributed by atoms with Crippen LogP contribution in [-0.2, 0) is 0 Å². The second-order valence-electron chi connectivity index (χ2n) is 1.30. The number of hydrogen-bond donors (Lipinski definition) is 1. The Labute approximate surface area is 46.5 Å². The molecule has 0 aliphatic carbocycles. The SMILES string of the molecule is N=c1ccccnn1. The van der Waals surface area contributed by atoms with Gasteiger partial charge in [0.05, 0.1) is 0 Å². The van der Waals surface area contributed by atoms with E-state index in [4.69, 9.17) is 5.41 Å². The second kappa shape index (κ2) is 2.16. The summed E-state index contributed by atoms with van der Waals surface area (Å²) in [4.78, 5) is 0. The fourth-order valence-corrected chi connectivity index (χ4v) is 0.364. The minimum Gasteiger partial charge on any atom is -0.281 e. The van der Waals surface area contributed by atoms with Crippen molar-refractivity contribution in [2.24, 2.45) is 0 Å². The third-order valence-electron chi connectivity index (χ3n) is 0.683. The van der Waals surface area contributed by atoms with E-state index in [1.54, 1.807) is 18.2 Å². The van der Waals surface area contributed by atoms with E-state index in [0.29, 0.717) is 0 Å². The van der Waals surface area contributed by atoms with Gasteiger partial charge >= 0.3 is 0 Å². The lowest BCUT2D eigenvalue weighted by atomic mass is 10.6. The van der Waals surface area contributed by atoms with Crippen molar-refractivity contribution in [1.29, 1.82) is 5.41 Å². The fourth-order valence-electron chi connectivity index (χ4n) is 0.364. The second-order valence-corrected chi connectivity index (χ2v) is 1.30. The zero-order chi connectivity index (χ0) is 5.82. The molecule has 3 nitrogen and oxygen atoms in total. The molecule has 0 fully saturated rings. The van der Waals surface area contributed by atoms with Gasteiger partial charge in [0.1, 0.15) is 0 Å². The number of nitrogens with one attached hydrogen (secondary N) is 1. The largest absolute Gasteiger partial charge is 0.281 e. The third kappa shape index (κ3) is 1.11. The highest BCUT2D eigenvalue weighted by Gasteiger charge is 1.68. The minimum absolute atomic E-state index is 0.190. The van der Waals surface area contributed by atoms with Crippen molar-refractivity contribution < 1.29 is 0 Å². The van der Waals surface area contributed by atoms with E-state index in [-0.39, 0.29) is 5.49 Å². The molecule has 0 aromatic carbocycles. The van der Waals surface area contributed by atoms with Crippen LogP contribution in [0.25, 0.3) is 0 Å². The predicted octanol–water partition coefficient (Wildman–Crippen LogP) is -0.0439. The van der Waals surface area contributed by atoms with E-state index < -0.39 is 0 Å². The highest BCUT2D eigenvalue weighted by Crippen LogP contribution is 1.65. The minimum atomic E-state index is 0.190. The van der Waals surface area contributed by atoms with Gasteiger partial charge in [0, 0.05) is 6.20 Å². The van der Waals surface area contributed by atoms with E-state index in [1.807, 2.05) is 0 Å². The summed E-state index contributed by atoms with van der Waals surface area (Å²) in [5, 5.41) is 13.9. The van der Waals surface area contributed by atoms with Gasteiger partial charge in [-0.05, 0) is 12.1 Å². The van der Waals surface area contributed by atoms with Crippen LogP contribution in [-0.4, -0.2) is 10.2 Å². The average Bonchev–Trinajstić information content (AvgIpc) is 1.94. The summed E-state index contributed by atoms with van der Waals surface area (Å²) in [5.41, 5.74) is 0.190. The Morgan fingerprint density at radius 2 is 2.25 bits per heavy atom. The van der Waals surface area contributed by atoms with Crippen molar-refractivity contribution in [1.82, 2.24) is 10.2 Å². The van der Waals surface area contributed by atoms with Crippen molar-refractivity contribution in [3.8, 4) is 0 Å². The summed E-state index contributed by atoms with van der Waals surface area (Å²) in [6, 6.07) is 5.03. The Balaban J connectivity index is 3.32. The normalized spacial score (nSPS) is 8.50. The van der Waals surface area contributed by atoms with Crippen molar-refractivity contribution in [2.45, 2.75) is 0 Å². The molecule has 0 unspecified atom stereocenters. The summed E-state index contributed by atoms with van der Waals surface area (Å²) in [6.45, 7) is 0. The monoisotopic (exact) mass is 107 g/mol. The molecule has 3 heteroatoms. The number of aromatic nitrogens is 2. The molecule has 0 radical (unpaired) electrons. The first-order chi connectivity index (χ1) is 3.89. The van der Waals surface area contributed by atoms with Crippen LogP contribution >= 0.6 is 0 Å². The first-order valence-electron chi connectivity index (χ1n) is 2.22. The van der Waals surface area contributed by atoms with Crippen molar-refractivity contribution in [3.05, 3.63) is 29.9 Å². The molecule has 0 saturated heterocycles. The molecular weight excluding hydrogens is 102 g/mol. The van der Waals surface area contributed by atoms with E-state index in [0.717, 1.165) is 0 Å². The lowest BCUT2D eigenvalue weighted by Crippen LogP contribution is -1.99. The predicted molar refractivity (Wildman–Crippen MR) is 27.9 cm³/mol. The number of nitrogens with zero attached hydrogens (tertiary/aromatic N) is 2. The lowest BCUT2D eigenvalue weighted by Gasteiger charge is -1.60. The zero-order valence-corrected chi connectivity index (χ0v) is 4.20. The molecule has 0 saturated carbocycles. The lowest BCUT2D eigenvalue weighted by molar-refractivity contribution is 0.958. The van der Waals surface area contributed by atoms with Gasteiger partial charge in [-0.1, -0.05) is 6.07 Å². The Morgan fingerprint density at radius 3 is 3.12 bits per heavy atom. The van der Waals surface area contributed by atoms with E-state index >= 15 is 0 Å². The molecule has 0 bridgehead atoms. The summed E-state index contributed by atoms with van der Waals surface area (Å²) >= 11 is 0. The fraction of sp³-hybridized carbons (Fsp3) is 0. The molecule has 0 aliphatic heterocycles. The topological polar surface area (TPSA) is 49.6 Å². The van der Waals surface area contributed by atoms with Crippen LogP contribution in [0.2, 0.25) is 0 Å². The van der Waals surface area contributed by atoms with Crippen LogP contribution in [0.1, 0.15) is 0 Å². The Kier molecular flexibility index (Phi) is 1.32. The maximum absolute atomic E-state index is 6.94. The number of rotatable bonds is 0. The molecule has 0 atom stereocenters. The van der Waals surface area contributed by atoms with E-state index in [2.05, 4.69) is 10.2 Å². The van der Waals surface area contributed by atoms with Crippen molar-refractivity contribution in [2.75, 3.05) is 0 Å². The third-order valence-corrected chi connectivity index (χ3v) is 0.683. The van der Waals surface area contributed by atoms with Crippen LogP contribution in [0.15, 0.2) is 24.4 Å². The molecule has 1 heterocycles. The molecule has 40 valence electrons. The highest BCUT2D eigenvalue weighted by atomic mass is 15.1. The highest BCUT2D eigenvalue weighted by molar-refractivity contribution is 4.84. The summed E-state index contributed by atoms with van der Waals surface area (Å²) in [6.07, 6.45) is 1.54. The molecule has 1 rings (SSSR count). The van der Waals surface area contributed by atoms with Gasteiger partial charge in [0.25, 0.3) is 0 Å². The molecule has 8 heavy (non-hydrogen) atoms. The van der Waals surface area contributed by atoms with Crippen molar-refractivity contribution in [3.63, 3.8) is 0 Å². The van der Waals surface area contributed by atoms with Gasteiger partial charge < -0.3 is 0 Å². The molecule has 0 amide bonds. The maximum Gasteiger partial charge on any atom is 0.167 e. The van der Waals surface area contributed by atoms with Gasteiger partial charge in [0.2, 0.25) is 0 Å². The maximum atomic E-state index is 6.94. The van der Waals surface area contributed by atoms with E-state index in [1.165, 1.54) is 6.20 Å². The zero-order valence-electron chi connectivity index (χ0n) is 4.20. The summed E-state index contributed by atoms with van der Waals surface area (Å²) in [5.74, 6) is 0. The first kappa shape index (κ1) is 4.90. The number of hydrogen-bond acceptors (Lipinski definition) is 3. The van der Waals surface area contributed by atoms with Crippen LogP contribution in [0.4, 0.5) is 0 Å². The smallest absolute Gasteiger partial charge is 0.167 e. The van der Waals surface area contributed by atoms with Crippen LogP contribution in [0.3, 0.4) is 0 Å². The summed E-state index contributed by atoms with van der Waals surface area (Å²) in [7, 11) is 0. The molecular formula is C5H5N3. The quantitative estimate of drug-likeness (QED) is 0.505. The van der Waals surface area contributed by atoms with Crippen molar-refractivity contribution >= 4 is 0 Å². The Bertz CT molecular complexity index is 198.